The van der Waals surface area contributed by atoms with Crippen LogP contribution in [0.4, 0.5) is 13.2 Å². The minimum Gasteiger partial charge on any atom is -0.497 e. The first-order chi connectivity index (χ1) is 38.1. The molecular weight excluding hydrogens is 1100 g/mol. The molecule has 0 fully saturated rings. The average Bonchev–Trinajstić information content (AvgIpc) is 4.26. The van der Waals surface area contributed by atoms with E-state index < -0.39 is 28.4 Å². The molecule has 0 aliphatic carbocycles. The van der Waals surface area contributed by atoms with Crippen LogP contribution in [0.25, 0.3) is 30.6 Å². The molecule has 3 heterocycles. The van der Waals surface area contributed by atoms with Crippen molar-refractivity contribution in [3.05, 3.63) is 137 Å². The average molecular weight is 1170 g/mol. The van der Waals surface area contributed by atoms with Crippen LogP contribution < -0.4 is 33.2 Å². The van der Waals surface area contributed by atoms with Crippen molar-refractivity contribution >= 4 is 64.7 Å². The number of aliphatic hydroxyl groups is 3. The van der Waals surface area contributed by atoms with Crippen LogP contribution in [0.3, 0.4) is 0 Å². The molecule has 81 heavy (non-hydrogen) atoms. The number of hydrogen-bond donors (Lipinski definition) is 3. The van der Waals surface area contributed by atoms with Crippen LogP contribution in [-0.4, -0.2) is 75.5 Å². The quantitative estimate of drug-likeness (QED) is 0.0588. The molecule has 6 aromatic carbocycles. The predicted octanol–water partition coefficient (Wildman–Crippen LogP) is 16.6. The van der Waals surface area contributed by atoms with E-state index in [0.29, 0.717) is 93.6 Å². The van der Waals surface area contributed by atoms with Gasteiger partial charge in [-0.3, -0.25) is 0 Å². The van der Waals surface area contributed by atoms with Gasteiger partial charge in [-0.15, -0.1) is 0 Å². The van der Waals surface area contributed by atoms with Crippen molar-refractivity contribution in [3.8, 4) is 55.8 Å². The lowest BCUT2D eigenvalue weighted by Crippen LogP contribution is -2.23. The smallest absolute Gasteiger partial charge is 0.280 e. The topological polar surface area (TPSA) is 164 Å². The van der Waals surface area contributed by atoms with E-state index in [1.54, 1.807) is 33.5 Å². The summed E-state index contributed by atoms with van der Waals surface area (Å²) in [6.45, 7) is 11.4. The summed E-state index contributed by atoms with van der Waals surface area (Å²) in [7, 11) is 6.38. The number of thiazole rings is 3. The van der Waals surface area contributed by atoms with E-state index in [-0.39, 0.29) is 24.0 Å². The van der Waals surface area contributed by atoms with Crippen LogP contribution in [0, 0.1) is 17.5 Å². The van der Waals surface area contributed by atoms with Crippen molar-refractivity contribution in [3.63, 3.8) is 0 Å². The molecule has 19 heteroatoms. The Labute approximate surface area is 483 Å². The van der Waals surface area contributed by atoms with Gasteiger partial charge in [0.25, 0.3) is 15.6 Å². The first kappa shape index (κ1) is 63.4. The molecule has 434 valence electrons. The van der Waals surface area contributed by atoms with Crippen LogP contribution in [0.5, 0.6) is 55.8 Å². The largest absolute Gasteiger partial charge is 0.497 e. The summed E-state index contributed by atoms with van der Waals surface area (Å²) in [5, 5.41) is 31.7. The fraction of sp³-hybridized carbons (Fsp3) is 0.371. The number of aromatic nitrogens is 3. The second-order valence-electron chi connectivity index (χ2n) is 19.9. The lowest BCUT2D eigenvalue weighted by molar-refractivity contribution is 0.0468. The van der Waals surface area contributed by atoms with Crippen LogP contribution in [0.2, 0.25) is 0 Å². The molecule has 0 radical (unpaired) electrons. The molecule has 0 aliphatic heterocycles. The summed E-state index contributed by atoms with van der Waals surface area (Å²) < 4.78 is 81.7. The van der Waals surface area contributed by atoms with Gasteiger partial charge in [-0.25, -0.2) is 23.1 Å². The molecule has 0 aliphatic rings. The van der Waals surface area contributed by atoms with Gasteiger partial charge in [0.2, 0.25) is 0 Å². The fourth-order valence-electron chi connectivity index (χ4n) is 7.86. The molecule has 3 aromatic heterocycles. The summed E-state index contributed by atoms with van der Waals surface area (Å²) in [6.07, 6.45) is 6.36. The van der Waals surface area contributed by atoms with Crippen LogP contribution in [0.15, 0.2) is 103 Å². The molecule has 0 spiro atoms. The zero-order chi connectivity index (χ0) is 57.8. The Morgan fingerprint density at radius 3 is 1.22 bits per heavy atom. The molecule has 3 unspecified atom stereocenters. The second kappa shape index (κ2) is 28.3. The number of benzene rings is 6. The van der Waals surface area contributed by atoms with E-state index in [1.165, 1.54) is 48.0 Å². The maximum Gasteiger partial charge on any atom is 0.280 e. The van der Waals surface area contributed by atoms with Gasteiger partial charge in [-0.05, 0) is 174 Å². The lowest BCUT2D eigenvalue weighted by atomic mass is 9.94. The maximum absolute atomic E-state index is 13.8. The first-order valence-corrected chi connectivity index (χ1v) is 28.6. The standard InChI is InChI=1S/C21H25NO4S.C20H21F2NO3S.C20H22FNO3S.CH4/c1-5-21(2,23)11-10-14-6-9-17(18(12-14)25-4)26-20-22-16-8-7-15(24-3)13-19(16)27-20;1-4-20(2,24)8-7-12-5-6-15(16(9-12)25-3)26-19-23-18-14(22)10-13(21)11-17(18)27-19;1-4-20(2,23)10-9-13-5-8-16(17(11-13)24-3)25-19-22-15-7-6-14(21)12-18(15)26-19;/h6-9,12-13,23H,5,10-11H2,1-4H3;5-6,9-11,24H,4,7-8H2,1-3H3;5-8,11-12,23H,4,9-10H2,1-3H3;1H4. The third-order valence-corrected chi connectivity index (χ3v) is 16.4. The predicted molar refractivity (Wildman–Crippen MR) is 319 cm³/mol. The van der Waals surface area contributed by atoms with Crippen molar-refractivity contribution in [2.75, 3.05) is 28.4 Å². The zero-order valence-electron chi connectivity index (χ0n) is 46.6. The highest BCUT2D eigenvalue weighted by atomic mass is 32.1. The van der Waals surface area contributed by atoms with E-state index in [2.05, 4.69) is 15.0 Å². The number of halogens is 3. The highest BCUT2D eigenvalue weighted by Gasteiger charge is 2.22. The van der Waals surface area contributed by atoms with E-state index in [1.807, 2.05) is 108 Å². The molecule has 3 N–H and O–H groups in total. The van der Waals surface area contributed by atoms with Crippen LogP contribution >= 0.6 is 34.0 Å². The fourth-order valence-corrected chi connectivity index (χ4v) is 10.4. The van der Waals surface area contributed by atoms with Gasteiger partial charge in [0, 0.05) is 6.07 Å². The van der Waals surface area contributed by atoms with Crippen molar-refractivity contribution in [1.29, 1.82) is 0 Å². The summed E-state index contributed by atoms with van der Waals surface area (Å²) >= 11 is 3.80. The summed E-state index contributed by atoms with van der Waals surface area (Å²) in [6, 6.07) is 29.2. The molecule has 0 bridgehead atoms. The number of fused-ring (bicyclic) bond motifs is 3. The molecule has 0 amide bonds. The molecule has 3 atom stereocenters. The molecule has 9 aromatic rings. The van der Waals surface area contributed by atoms with Gasteiger partial charge in [-0.1, -0.05) is 80.4 Å². The summed E-state index contributed by atoms with van der Waals surface area (Å²) in [5.41, 5.74) is 2.79. The molecule has 9 rings (SSSR count). The highest BCUT2D eigenvalue weighted by Crippen LogP contribution is 2.41. The van der Waals surface area contributed by atoms with Gasteiger partial charge in [0.1, 0.15) is 22.9 Å². The van der Waals surface area contributed by atoms with Gasteiger partial charge in [0.05, 0.1) is 70.4 Å². The second-order valence-corrected chi connectivity index (χ2v) is 22.9. The number of methoxy groups -OCH3 is 4. The Balaban J connectivity index is 0.000000195. The Bertz CT molecular complexity index is 3510. The molecule has 0 saturated heterocycles. The Morgan fingerprint density at radius 2 is 0.815 bits per heavy atom. The first-order valence-electron chi connectivity index (χ1n) is 26.1. The number of hydrogen-bond acceptors (Lipinski definition) is 16. The van der Waals surface area contributed by atoms with Crippen LogP contribution in [-0.2, 0) is 19.3 Å². The Kier molecular flexibility index (Phi) is 22.2. The minimum absolute atomic E-state index is 0. The Morgan fingerprint density at radius 1 is 0.432 bits per heavy atom. The van der Waals surface area contributed by atoms with Gasteiger partial charge in [0.15, 0.2) is 40.3 Å². The normalized spacial score (nSPS) is 13.3. The summed E-state index contributed by atoms with van der Waals surface area (Å²) in [5.74, 6) is 2.50. The van der Waals surface area contributed by atoms with Gasteiger partial charge in [-0.2, -0.15) is 4.98 Å². The Hall–Kier alpha value is -6.74. The van der Waals surface area contributed by atoms with Crippen molar-refractivity contribution in [1.82, 2.24) is 15.0 Å². The number of aryl methyl sites for hydroxylation is 3. The SMILES string of the molecule is C.CCC(C)(O)CCc1ccc(Oc2nc3c(F)cc(F)cc3s2)c(OC)c1.CCC(C)(O)CCc1ccc(Oc2nc3ccc(F)cc3s2)c(OC)c1.CCC(C)(O)CCc1ccc(Oc2nc3ccc(OC)cc3s2)c(OC)c1. The summed E-state index contributed by atoms with van der Waals surface area (Å²) in [4.78, 5) is 13.0. The molecule has 13 nitrogen and oxygen atoms in total. The molecular formula is C62H72F3N3O10S3. The number of ether oxygens (including phenoxy) is 7. The number of rotatable bonds is 22. The van der Waals surface area contributed by atoms with E-state index >= 15 is 0 Å². The third kappa shape index (κ3) is 17.6. The lowest BCUT2D eigenvalue weighted by Gasteiger charge is -2.21. The highest BCUT2D eigenvalue weighted by molar-refractivity contribution is 7.20. The van der Waals surface area contributed by atoms with Crippen molar-refractivity contribution < 1.29 is 61.6 Å². The number of nitrogens with zero attached hydrogens (tertiary/aromatic N) is 3. The third-order valence-electron chi connectivity index (χ3n) is 13.7. The van der Waals surface area contributed by atoms with Crippen molar-refractivity contribution in [2.24, 2.45) is 0 Å². The molecule has 0 saturated carbocycles. The maximum atomic E-state index is 13.8. The van der Waals surface area contributed by atoms with E-state index in [0.717, 1.165) is 74.0 Å². The van der Waals surface area contributed by atoms with E-state index in [4.69, 9.17) is 33.2 Å². The van der Waals surface area contributed by atoms with E-state index in [9.17, 15) is 28.5 Å². The van der Waals surface area contributed by atoms with Crippen molar-refractivity contribution in [2.45, 2.75) is 124 Å². The van der Waals surface area contributed by atoms with Gasteiger partial charge >= 0.3 is 0 Å². The van der Waals surface area contributed by atoms with Crippen LogP contribution in [0.1, 0.15) is 104 Å². The zero-order valence-corrected chi connectivity index (χ0v) is 49.0. The monoisotopic (exact) mass is 1170 g/mol. The van der Waals surface area contributed by atoms with Gasteiger partial charge < -0.3 is 48.5 Å². The minimum atomic E-state index is -0.721.